The summed E-state index contributed by atoms with van der Waals surface area (Å²) in [6.07, 6.45) is 0.590. The van der Waals surface area contributed by atoms with E-state index in [1.54, 1.807) is 0 Å². The standard InChI is InChI=1S/C8H18OSi/c1-6(2)7-8(9-7)10(3,4)5/h6-8H,1-5H3/t7-,8-/m1/s1. The average molecular weight is 158 g/mol. The molecule has 1 rings (SSSR count). The molecule has 2 heteroatoms. The topological polar surface area (TPSA) is 12.5 Å². The molecule has 0 aromatic carbocycles. The molecule has 1 aliphatic rings. The van der Waals surface area contributed by atoms with E-state index in [0.29, 0.717) is 11.8 Å². The molecule has 60 valence electrons. The predicted octanol–water partition coefficient (Wildman–Crippen LogP) is 2.29. The van der Waals surface area contributed by atoms with Crippen molar-refractivity contribution >= 4 is 8.07 Å². The summed E-state index contributed by atoms with van der Waals surface area (Å²) in [7, 11) is -0.972. The average Bonchev–Trinajstić information content (AvgIpc) is 2.35. The Morgan fingerprint density at radius 2 is 1.70 bits per heavy atom. The van der Waals surface area contributed by atoms with Crippen molar-refractivity contribution in [3.05, 3.63) is 0 Å². The van der Waals surface area contributed by atoms with Gasteiger partial charge in [-0.3, -0.25) is 0 Å². The van der Waals surface area contributed by atoms with Crippen LogP contribution >= 0.6 is 0 Å². The molecular formula is C8H18OSi. The minimum Gasteiger partial charge on any atom is -0.373 e. The Morgan fingerprint density at radius 1 is 1.20 bits per heavy atom. The van der Waals surface area contributed by atoms with Crippen LogP contribution in [0.2, 0.25) is 19.6 Å². The minimum atomic E-state index is -0.972. The third-order valence-electron chi connectivity index (χ3n) is 2.04. The van der Waals surface area contributed by atoms with E-state index in [1.165, 1.54) is 0 Å². The monoisotopic (exact) mass is 158 g/mol. The Hall–Kier alpha value is 0.177. The minimum absolute atomic E-state index is 0.590. The highest BCUT2D eigenvalue weighted by Gasteiger charge is 2.49. The molecule has 0 radical (unpaired) electrons. The van der Waals surface area contributed by atoms with E-state index in [0.717, 1.165) is 5.92 Å². The molecule has 0 aliphatic carbocycles. The lowest BCUT2D eigenvalue weighted by Gasteiger charge is -2.11. The smallest absolute Gasteiger partial charge is 0.0830 e. The Morgan fingerprint density at radius 3 is 1.80 bits per heavy atom. The van der Waals surface area contributed by atoms with Crippen molar-refractivity contribution in [2.45, 2.75) is 45.3 Å². The third-order valence-corrected chi connectivity index (χ3v) is 4.21. The summed E-state index contributed by atoms with van der Waals surface area (Å²) in [4.78, 5) is 0. The first-order valence-electron chi connectivity index (χ1n) is 4.08. The molecule has 2 atom stereocenters. The van der Waals surface area contributed by atoms with Gasteiger partial charge in [0.2, 0.25) is 0 Å². The molecule has 0 N–H and O–H groups in total. The van der Waals surface area contributed by atoms with Crippen LogP contribution in [0.4, 0.5) is 0 Å². The van der Waals surface area contributed by atoms with E-state index < -0.39 is 8.07 Å². The molecule has 1 aliphatic heterocycles. The molecule has 1 heterocycles. The van der Waals surface area contributed by atoms with Crippen LogP contribution in [-0.2, 0) is 4.74 Å². The van der Waals surface area contributed by atoms with Crippen LogP contribution in [0.5, 0.6) is 0 Å². The Bertz CT molecular complexity index is 126. The van der Waals surface area contributed by atoms with Gasteiger partial charge in [-0.2, -0.15) is 0 Å². The molecule has 1 nitrogen and oxygen atoms in total. The lowest BCUT2D eigenvalue weighted by atomic mass is 10.1. The van der Waals surface area contributed by atoms with Crippen molar-refractivity contribution in [3.63, 3.8) is 0 Å². The molecule has 1 fully saturated rings. The van der Waals surface area contributed by atoms with Gasteiger partial charge in [0.15, 0.2) is 0 Å². The first kappa shape index (κ1) is 8.28. The number of ether oxygens (including phenoxy) is 1. The third kappa shape index (κ3) is 1.61. The molecule has 1 saturated heterocycles. The van der Waals surface area contributed by atoms with Crippen molar-refractivity contribution in [1.29, 1.82) is 0 Å². The highest BCUT2D eigenvalue weighted by Crippen LogP contribution is 2.35. The SMILES string of the molecule is CC(C)[C@H]1O[C@@H]1[Si](C)(C)C. The summed E-state index contributed by atoms with van der Waals surface area (Å²) in [6, 6.07) is 0. The number of epoxide rings is 1. The normalized spacial score (nSPS) is 33.0. The molecule has 0 saturated carbocycles. The van der Waals surface area contributed by atoms with Crippen molar-refractivity contribution in [2.24, 2.45) is 5.92 Å². The van der Waals surface area contributed by atoms with Crippen LogP contribution in [0, 0.1) is 5.92 Å². The van der Waals surface area contributed by atoms with Gasteiger partial charge in [0.1, 0.15) is 0 Å². The number of rotatable bonds is 2. The van der Waals surface area contributed by atoms with E-state index in [1.807, 2.05) is 0 Å². The van der Waals surface area contributed by atoms with Crippen molar-refractivity contribution in [3.8, 4) is 0 Å². The fourth-order valence-electron chi connectivity index (χ4n) is 1.33. The summed E-state index contributed by atoms with van der Waals surface area (Å²) in [6.45, 7) is 11.6. The Kier molecular flexibility index (Phi) is 1.94. The largest absolute Gasteiger partial charge is 0.373 e. The quantitative estimate of drug-likeness (QED) is 0.444. The summed E-state index contributed by atoms with van der Waals surface area (Å²) >= 11 is 0. The van der Waals surface area contributed by atoms with Gasteiger partial charge in [-0.1, -0.05) is 33.5 Å². The van der Waals surface area contributed by atoms with Gasteiger partial charge in [-0.05, 0) is 5.92 Å². The second-order valence-corrected chi connectivity index (χ2v) is 9.93. The zero-order valence-electron chi connectivity index (χ0n) is 7.64. The second-order valence-electron chi connectivity index (χ2n) is 4.63. The van der Waals surface area contributed by atoms with E-state index >= 15 is 0 Å². The fraction of sp³-hybridized carbons (Fsp3) is 1.00. The molecule has 0 spiro atoms. The van der Waals surface area contributed by atoms with Gasteiger partial charge in [-0.15, -0.1) is 0 Å². The van der Waals surface area contributed by atoms with Gasteiger partial charge in [0.25, 0.3) is 0 Å². The molecular weight excluding hydrogens is 140 g/mol. The van der Waals surface area contributed by atoms with Gasteiger partial charge < -0.3 is 4.74 Å². The van der Waals surface area contributed by atoms with Crippen LogP contribution in [-0.4, -0.2) is 19.9 Å². The van der Waals surface area contributed by atoms with Gasteiger partial charge >= 0.3 is 0 Å². The fourth-order valence-corrected chi connectivity index (χ4v) is 3.26. The van der Waals surface area contributed by atoms with Gasteiger partial charge in [-0.25, -0.2) is 0 Å². The maximum Gasteiger partial charge on any atom is 0.0830 e. The lowest BCUT2D eigenvalue weighted by molar-refractivity contribution is 0.348. The number of hydrogen-bond donors (Lipinski definition) is 0. The highest BCUT2D eigenvalue weighted by atomic mass is 28.3. The highest BCUT2D eigenvalue weighted by molar-refractivity contribution is 6.78. The van der Waals surface area contributed by atoms with Crippen LogP contribution < -0.4 is 0 Å². The predicted molar refractivity (Wildman–Crippen MR) is 46.8 cm³/mol. The maximum atomic E-state index is 5.60. The van der Waals surface area contributed by atoms with Crippen LogP contribution in [0.25, 0.3) is 0 Å². The summed E-state index contributed by atoms with van der Waals surface area (Å²) < 4.78 is 5.60. The van der Waals surface area contributed by atoms with Crippen LogP contribution in [0.3, 0.4) is 0 Å². The molecule has 0 amide bonds. The Balaban J connectivity index is 2.39. The van der Waals surface area contributed by atoms with Crippen molar-refractivity contribution in [2.75, 3.05) is 0 Å². The summed E-state index contributed by atoms with van der Waals surface area (Å²) in [5, 5.41) is 0. The zero-order valence-corrected chi connectivity index (χ0v) is 8.64. The second kappa shape index (κ2) is 2.34. The van der Waals surface area contributed by atoms with E-state index in [-0.39, 0.29) is 0 Å². The van der Waals surface area contributed by atoms with E-state index in [4.69, 9.17) is 4.74 Å². The maximum absolute atomic E-state index is 5.60. The zero-order chi connectivity index (χ0) is 7.94. The van der Waals surface area contributed by atoms with Crippen LogP contribution in [0.1, 0.15) is 13.8 Å². The van der Waals surface area contributed by atoms with Crippen molar-refractivity contribution in [1.82, 2.24) is 0 Å². The van der Waals surface area contributed by atoms with Crippen molar-refractivity contribution < 1.29 is 4.74 Å². The summed E-state index contributed by atoms with van der Waals surface area (Å²) in [5.74, 6) is 0.719. The lowest BCUT2D eigenvalue weighted by Crippen LogP contribution is -2.31. The van der Waals surface area contributed by atoms with Gasteiger partial charge in [0.05, 0.1) is 19.9 Å². The number of hydrogen-bond acceptors (Lipinski definition) is 1. The first-order valence-corrected chi connectivity index (χ1v) is 7.66. The molecule has 0 unspecified atom stereocenters. The van der Waals surface area contributed by atoms with E-state index in [9.17, 15) is 0 Å². The van der Waals surface area contributed by atoms with Crippen LogP contribution in [0.15, 0.2) is 0 Å². The molecule has 10 heavy (non-hydrogen) atoms. The Labute approximate surface area is 64.8 Å². The molecule has 0 aromatic heterocycles. The molecule has 0 aromatic rings. The first-order chi connectivity index (χ1) is 4.43. The van der Waals surface area contributed by atoms with E-state index in [2.05, 4.69) is 33.5 Å². The van der Waals surface area contributed by atoms with Gasteiger partial charge in [0, 0.05) is 0 Å². The summed E-state index contributed by atoms with van der Waals surface area (Å²) in [5.41, 5.74) is 0.646. The molecule has 0 bridgehead atoms.